The van der Waals surface area contributed by atoms with Crippen molar-refractivity contribution < 1.29 is 13.6 Å². The van der Waals surface area contributed by atoms with Crippen molar-refractivity contribution in [2.75, 3.05) is 19.6 Å². The molecule has 1 aromatic heterocycles. The van der Waals surface area contributed by atoms with Crippen molar-refractivity contribution in [2.24, 2.45) is 5.92 Å². The van der Waals surface area contributed by atoms with Crippen LogP contribution in [0.2, 0.25) is 0 Å². The lowest BCUT2D eigenvalue weighted by molar-refractivity contribution is -0.126. The van der Waals surface area contributed by atoms with Gasteiger partial charge in [-0.1, -0.05) is 6.07 Å². The molecule has 0 spiro atoms. The van der Waals surface area contributed by atoms with Crippen molar-refractivity contribution in [3.63, 3.8) is 0 Å². The van der Waals surface area contributed by atoms with Gasteiger partial charge in [0.15, 0.2) is 0 Å². The van der Waals surface area contributed by atoms with Gasteiger partial charge in [0.1, 0.15) is 0 Å². The molecule has 2 aliphatic rings. The van der Waals surface area contributed by atoms with Crippen LogP contribution in [0.15, 0.2) is 12.1 Å². The Labute approximate surface area is 141 Å². The largest absolute Gasteiger partial charge is 0.350 e. The van der Waals surface area contributed by atoms with E-state index >= 15 is 0 Å². The summed E-state index contributed by atoms with van der Waals surface area (Å²) in [5, 5.41) is 2.96. The molecule has 132 valence electrons. The number of halogens is 2. The Morgan fingerprint density at radius 1 is 1.25 bits per heavy atom. The second-order valence-electron chi connectivity index (χ2n) is 6.80. The SMILES string of the molecule is O=C(NCc1ccc2c(n1)CCCC2)C1CCN(CC(F)F)CC1. The lowest BCUT2D eigenvalue weighted by Gasteiger charge is -2.30. The van der Waals surface area contributed by atoms with Crippen LogP contribution in [0.4, 0.5) is 8.78 Å². The van der Waals surface area contributed by atoms with Crippen LogP contribution in [-0.4, -0.2) is 41.9 Å². The van der Waals surface area contributed by atoms with Crippen LogP contribution < -0.4 is 5.32 Å². The number of fused-ring (bicyclic) bond motifs is 1. The number of alkyl halides is 2. The second-order valence-corrected chi connectivity index (χ2v) is 6.80. The molecule has 0 atom stereocenters. The van der Waals surface area contributed by atoms with Crippen LogP contribution in [0.25, 0.3) is 0 Å². The molecule has 1 aliphatic carbocycles. The molecule has 0 radical (unpaired) electrons. The van der Waals surface area contributed by atoms with E-state index in [1.807, 2.05) is 6.07 Å². The molecular formula is C18H25F2N3O. The van der Waals surface area contributed by atoms with E-state index in [4.69, 9.17) is 0 Å². The van der Waals surface area contributed by atoms with Gasteiger partial charge in [-0.3, -0.25) is 14.7 Å². The Hall–Kier alpha value is -1.56. The summed E-state index contributed by atoms with van der Waals surface area (Å²) < 4.78 is 24.8. The number of likely N-dealkylation sites (tertiary alicyclic amines) is 1. The molecule has 0 bridgehead atoms. The topological polar surface area (TPSA) is 45.2 Å². The van der Waals surface area contributed by atoms with Crippen LogP contribution in [0.5, 0.6) is 0 Å². The Morgan fingerprint density at radius 3 is 2.75 bits per heavy atom. The molecule has 24 heavy (non-hydrogen) atoms. The predicted molar refractivity (Wildman–Crippen MR) is 87.9 cm³/mol. The van der Waals surface area contributed by atoms with E-state index in [0.717, 1.165) is 18.5 Å². The number of amides is 1. The van der Waals surface area contributed by atoms with Crippen LogP contribution >= 0.6 is 0 Å². The molecule has 0 unspecified atom stereocenters. The van der Waals surface area contributed by atoms with Crippen molar-refractivity contribution in [1.82, 2.24) is 15.2 Å². The summed E-state index contributed by atoms with van der Waals surface area (Å²) in [5.41, 5.74) is 3.41. The highest BCUT2D eigenvalue weighted by Gasteiger charge is 2.26. The van der Waals surface area contributed by atoms with E-state index in [1.54, 1.807) is 4.90 Å². The monoisotopic (exact) mass is 337 g/mol. The predicted octanol–water partition coefficient (Wildman–Crippen LogP) is 2.55. The fourth-order valence-electron chi connectivity index (χ4n) is 3.62. The maximum atomic E-state index is 12.4. The number of carbonyl (C=O) groups excluding carboxylic acids is 1. The number of aromatic nitrogens is 1. The fourth-order valence-corrected chi connectivity index (χ4v) is 3.62. The summed E-state index contributed by atoms with van der Waals surface area (Å²) in [6.45, 7) is 1.40. The number of hydrogen-bond acceptors (Lipinski definition) is 3. The van der Waals surface area contributed by atoms with Crippen LogP contribution in [0.3, 0.4) is 0 Å². The van der Waals surface area contributed by atoms with Crippen LogP contribution in [-0.2, 0) is 24.2 Å². The molecule has 3 rings (SSSR count). The van der Waals surface area contributed by atoms with Gasteiger partial charge in [-0.25, -0.2) is 8.78 Å². The molecule has 1 fully saturated rings. The van der Waals surface area contributed by atoms with Gasteiger partial charge in [0, 0.05) is 11.6 Å². The number of nitrogens with one attached hydrogen (secondary N) is 1. The summed E-state index contributed by atoms with van der Waals surface area (Å²) in [6, 6.07) is 4.13. The smallest absolute Gasteiger partial charge is 0.251 e. The fraction of sp³-hybridized carbons (Fsp3) is 0.667. The quantitative estimate of drug-likeness (QED) is 0.898. The van der Waals surface area contributed by atoms with Gasteiger partial charge in [0.25, 0.3) is 6.43 Å². The van der Waals surface area contributed by atoms with Gasteiger partial charge in [0.2, 0.25) is 5.91 Å². The summed E-state index contributed by atoms with van der Waals surface area (Å²) >= 11 is 0. The molecule has 1 N–H and O–H groups in total. The van der Waals surface area contributed by atoms with E-state index in [2.05, 4.69) is 16.4 Å². The highest BCUT2D eigenvalue weighted by molar-refractivity contribution is 5.78. The molecule has 1 amide bonds. The van der Waals surface area contributed by atoms with Gasteiger partial charge in [-0.15, -0.1) is 0 Å². The number of nitrogens with zero attached hydrogens (tertiary/aromatic N) is 2. The van der Waals surface area contributed by atoms with E-state index in [9.17, 15) is 13.6 Å². The van der Waals surface area contributed by atoms with Gasteiger partial charge >= 0.3 is 0 Å². The number of piperidine rings is 1. The third-order valence-corrected chi connectivity index (χ3v) is 5.03. The zero-order valence-corrected chi connectivity index (χ0v) is 13.9. The highest BCUT2D eigenvalue weighted by atomic mass is 19.3. The van der Waals surface area contributed by atoms with E-state index in [1.165, 1.54) is 24.1 Å². The first-order valence-electron chi connectivity index (χ1n) is 8.87. The van der Waals surface area contributed by atoms with Crippen molar-refractivity contribution in [3.05, 3.63) is 29.1 Å². The molecule has 2 heterocycles. The first kappa shape index (κ1) is 17.3. The van der Waals surface area contributed by atoms with E-state index < -0.39 is 6.43 Å². The average molecular weight is 337 g/mol. The van der Waals surface area contributed by atoms with Crippen LogP contribution in [0.1, 0.15) is 42.6 Å². The maximum absolute atomic E-state index is 12.4. The Balaban J connectivity index is 1.46. The first-order chi connectivity index (χ1) is 11.6. The molecule has 4 nitrogen and oxygen atoms in total. The third-order valence-electron chi connectivity index (χ3n) is 5.03. The molecular weight excluding hydrogens is 312 g/mol. The van der Waals surface area contributed by atoms with Crippen molar-refractivity contribution in [2.45, 2.75) is 51.5 Å². The van der Waals surface area contributed by atoms with Crippen molar-refractivity contribution >= 4 is 5.91 Å². The summed E-state index contributed by atoms with van der Waals surface area (Å²) in [6.07, 6.45) is 3.55. The molecule has 1 aromatic rings. The highest BCUT2D eigenvalue weighted by Crippen LogP contribution is 2.20. The number of hydrogen-bond donors (Lipinski definition) is 1. The standard InChI is InChI=1S/C18H25F2N3O/c19-17(20)12-23-9-7-14(8-10-23)18(24)21-11-15-6-5-13-3-1-2-4-16(13)22-15/h5-6,14,17H,1-4,7-12H2,(H,21,24). The zero-order valence-electron chi connectivity index (χ0n) is 13.9. The van der Waals surface area contributed by atoms with Crippen molar-refractivity contribution in [1.29, 1.82) is 0 Å². The van der Waals surface area contributed by atoms with E-state index in [0.29, 0.717) is 32.5 Å². The molecule has 0 aromatic carbocycles. The zero-order chi connectivity index (χ0) is 16.9. The maximum Gasteiger partial charge on any atom is 0.251 e. The minimum Gasteiger partial charge on any atom is -0.350 e. The number of aryl methyl sites for hydroxylation is 2. The number of carbonyl (C=O) groups is 1. The number of pyridine rings is 1. The van der Waals surface area contributed by atoms with E-state index in [-0.39, 0.29) is 18.4 Å². The lowest BCUT2D eigenvalue weighted by atomic mass is 9.95. The third kappa shape index (κ3) is 4.50. The number of rotatable bonds is 5. The molecule has 6 heteroatoms. The lowest BCUT2D eigenvalue weighted by Crippen LogP contribution is -2.42. The van der Waals surface area contributed by atoms with Crippen LogP contribution in [0, 0.1) is 5.92 Å². The summed E-state index contributed by atoms with van der Waals surface area (Å²) in [7, 11) is 0. The van der Waals surface area contributed by atoms with Gasteiger partial charge in [-0.2, -0.15) is 0 Å². The summed E-state index contributed by atoms with van der Waals surface area (Å²) in [4.78, 5) is 18.7. The molecule has 0 saturated carbocycles. The minimum atomic E-state index is -2.30. The average Bonchev–Trinajstić information content (AvgIpc) is 2.59. The van der Waals surface area contributed by atoms with Crippen molar-refractivity contribution in [3.8, 4) is 0 Å². The normalized spacial score (nSPS) is 19.3. The Bertz CT molecular complexity index is 571. The minimum absolute atomic E-state index is 0.0196. The molecule has 1 aliphatic heterocycles. The van der Waals surface area contributed by atoms with Gasteiger partial charge < -0.3 is 5.32 Å². The second kappa shape index (κ2) is 8.01. The van der Waals surface area contributed by atoms with Gasteiger partial charge in [0.05, 0.1) is 18.8 Å². The molecule has 1 saturated heterocycles. The Kier molecular flexibility index (Phi) is 5.76. The summed E-state index contributed by atoms with van der Waals surface area (Å²) in [5.74, 6) is -0.0530. The van der Waals surface area contributed by atoms with Gasteiger partial charge in [-0.05, 0) is 63.2 Å². The Morgan fingerprint density at radius 2 is 2.00 bits per heavy atom. The first-order valence-corrected chi connectivity index (χ1v) is 8.87.